The third-order valence-corrected chi connectivity index (χ3v) is 7.29. The topological polar surface area (TPSA) is 126 Å². The van der Waals surface area contributed by atoms with E-state index in [9.17, 15) is 4.79 Å². The highest BCUT2D eigenvalue weighted by atomic mass is 16.5. The minimum atomic E-state index is -0.256. The number of hydrogen-bond donors (Lipinski definition) is 3. The molecule has 1 fully saturated rings. The number of carbonyl (C=O) groups excluding carboxylic acids is 1. The number of ether oxygens (including phenoxy) is 1. The van der Waals surface area contributed by atoms with Crippen molar-refractivity contribution in [3.63, 3.8) is 0 Å². The lowest BCUT2D eigenvalue weighted by Gasteiger charge is -2.21. The van der Waals surface area contributed by atoms with Crippen molar-refractivity contribution in [2.45, 2.75) is 26.4 Å². The predicted octanol–water partition coefficient (Wildman–Crippen LogP) is 4.72. The minimum Gasteiger partial charge on any atom is -0.488 e. The molecule has 208 valence electrons. The van der Waals surface area contributed by atoms with Gasteiger partial charge in [-0.3, -0.25) is 14.5 Å². The van der Waals surface area contributed by atoms with Crippen molar-refractivity contribution in [3.05, 3.63) is 84.7 Å². The summed E-state index contributed by atoms with van der Waals surface area (Å²) in [6, 6.07) is 11.4. The van der Waals surface area contributed by atoms with Crippen LogP contribution in [0.5, 0.6) is 5.75 Å². The van der Waals surface area contributed by atoms with Gasteiger partial charge >= 0.3 is 0 Å². The molecule has 0 unspecified atom stereocenters. The Balaban J connectivity index is 1.18. The summed E-state index contributed by atoms with van der Waals surface area (Å²) in [6.07, 6.45) is 7.88. The Labute approximate surface area is 237 Å². The molecule has 4 aromatic heterocycles. The van der Waals surface area contributed by atoms with Gasteiger partial charge in [-0.25, -0.2) is 9.97 Å². The van der Waals surface area contributed by atoms with Gasteiger partial charge in [0.05, 0.1) is 29.1 Å². The summed E-state index contributed by atoms with van der Waals surface area (Å²) in [5.41, 5.74) is 5.51. The summed E-state index contributed by atoms with van der Waals surface area (Å²) in [6.45, 7) is 9.32. The fourth-order valence-corrected chi connectivity index (χ4v) is 4.98. The number of aromatic amines is 1. The standard InChI is InChI=1S/C30H31N9O2/c1-18-15-33-30(35-26-14-19(2)38(4)37-26)36-27(18)24-16-32-28-23(24)6-5-7-25(28)34-29(40)20(3)39-13-10-22(17-39)41-21-8-11-31-12-9-21/h5-9,11-12,14-16,22,32H,3,10,13,17H2,1-2,4H3,(H,34,40)(H,33,35,36,37)/t22-/m0/s1. The Kier molecular flexibility index (Phi) is 6.84. The number of pyridine rings is 1. The van der Waals surface area contributed by atoms with E-state index < -0.39 is 0 Å². The largest absolute Gasteiger partial charge is 0.488 e. The molecule has 5 aromatic rings. The number of para-hydroxylation sites is 1. The number of nitrogens with zero attached hydrogens (tertiary/aromatic N) is 6. The van der Waals surface area contributed by atoms with Gasteiger partial charge in [-0.15, -0.1) is 0 Å². The van der Waals surface area contributed by atoms with Crippen LogP contribution < -0.4 is 15.4 Å². The molecule has 0 radical (unpaired) electrons. The number of aryl methyl sites for hydroxylation is 3. The Bertz CT molecular complexity index is 1720. The zero-order valence-corrected chi connectivity index (χ0v) is 23.2. The van der Waals surface area contributed by atoms with Gasteiger partial charge in [-0.1, -0.05) is 18.7 Å². The number of hydrogen-bond acceptors (Lipinski definition) is 8. The van der Waals surface area contributed by atoms with Crippen molar-refractivity contribution >= 4 is 34.3 Å². The van der Waals surface area contributed by atoms with E-state index in [0.29, 0.717) is 36.2 Å². The molecular weight excluding hydrogens is 518 g/mol. The fraction of sp³-hybridized carbons (Fsp3) is 0.233. The number of carbonyl (C=O) groups is 1. The molecule has 5 heterocycles. The normalized spacial score (nSPS) is 14.8. The summed E-state index contributed by atoms with van der Waals surface area (Å²) >= 11 is 0. The lowest BCUT2D eigenvalue weighted by atomic mass is 10.1. The summed E-state index contributed by atoms with van der Waals surface area (Å²) < 4.78 is 7.83. The van der Waals surface area contributed by atoms with Crippen molar-refractivity contribution in [3.8, 4) is 17.0 Å². The molecule has 11 heteroatoms. The number of benzene rings is 1. The van der Waals surface area contributed by atoms with E-state index in [-0.39, 0.29) is 12.0 Å². The molecule has 11 nitrogen and oxygen atoms in total. The minimum absolute atomic E-state index is 0.0199. The van der Waals surface area contributed by atoms with E-state index in [1.807, 2.05) is 68.4 Å². The van der Waals surface area contributed by atoms with E-state index in [4.69, 9.17) is 9.72 Å². The molecule has 1 aromatic carbocycles. The third-order valence-electron chi connectivity index (χ3n) is 7.29. The van der Waals surface area contributed by atoms with Crippen LogP contribution >= 0.6 is 0 Å². The number of aromatic nitrogens is 6. The van der Waals surface area contributed by atoms with E-state index in [1.165, 1.54) is 0 Å². The molecular formula is C30H31N9O2. The molecule has 0 saturated carbocycles. The van der Waals surface area contributed by atoms with Crippen LogP contribution in [0.1, 0.15) is 17.7 Å². The molecule has 0 aliphatic carbocycles. The van der Waals surface area contributed by atoms with Crippen LogP contribution in [0.4, 0.5) is 17.5 Å². The summed E-state index contributed by atoms with van der Waals surface area (Å²) in [4.78, 5) is 31.8. The lowest BCUT2D eigenvalue weighted by Crippen LogP contribution is -2.30. The summed E-state index contributed by atoms with van der Waals surface area (Å²) in [7, 11) is 1.89. The zero-order chi connectivity index (χ0) is 28.5. The van der Waals surface area contributed by atoms with Gasteiger partial charge in [-0.2, -0.15) is 5.10 Å². The fourth-order valence-electron chi connectivity index (χ4n) is 4.98. The van der Waals surface area contributed by atoms with Gasteiger partial charge in [-0.05, 0) is 37.6 Å². The molecule has 1 aliphatic rings. The Morgan fingerprint density at radius 1 is 1.20 bits per heavy atom. The second-order valence-corrected chi connectivity index (χ2v) is 10.1. The molecule has 0 bridgehead atoms. The first-order valence-electron chi connectivity index (χ1n) is 13.4. The molecule has 1 amide bonds. The quantitative estimate of drug-likeness (QED) is 0.238. The first kappa shape index (κ1) is 26.1. The van der Waals surface area contributed by atoms with Crippen molar-refractivity contribution in [2.24, 2.45) is 7.05 Å². The smallest absolute Gasteiger partial charge is 0.271 e. The van der Waals surface area contributed by atoms with Gasteiger partial charge in [0.15, 0.2) is 5.82 Å². The van der Waals surface area contributed by atoms with Gasteiger partial charge in [0.25, 0.3) is 5.91 Å². The summed E-state index contributed by atoms with van der Waals surface area (Å²) in [5.74, 6) is 1.64. The zero-order valence-electron chi connectivity index (χ0n) is 23.2. The van der Waals surface area contributed by atoms with Crippen LogP contribution in [0.3, 0.4) is 0 Å². The first-order valence-corrected chi connectivity index (χ1v) is 13.4. The van der Waals surface area contributed by atoms with Crippen molar-refractivity contribution in [1.29, 1.82) is 0 Å². The third kappa shape index (κ3) is 5.33. The van der Waals surface area contributed by atoms with Crippen LogP contribution in [-0.4, -0.2) is 59.7 Å². The molecule has 0 spiro atoms. The van der Waals surface area contributed by atoms with E-state index in [0.717, 1.165) is 45.6 Å². The number of nitrogens with one attached hydrogen (secondary N) is 3. The molecule has 1 atom stereocenters. The van der Waals surface area contributed by atoms with Crippen LogP contribution in [0.2, 0.25) is 0 Å². The van der Waals surface area contributed by atoms with Crippen LogP contribution in [-0.2, 0) is 11.8 Å². The van der Waals surface area contributed by atoms with Gasteiger partial charge in [0.2, 0.25) is 5.95 Å². The average molecular weight is 550 g/mol. The van der Waals surface area contributed by atoms with Gasteiger partial charge in [0.1, 0.15) is 11.9 Å². The van der Waals surface area contributed by atoms with Gasteiger partial charge < -0.3 is 25.3 Å². The Morgan fingerprint density at radius 3 is 2.80 bits per heavy atom. The molecule has 6 rings (SSSR count). The monoisotopic (exact) mass is 549 g/mol. The first-order chi connectivity index (χ1) is 19.9. The molecule has 1 saturated heterocycles. The van der Waals surface area contributed by atoms with E-state index in [2.05, 4.69) is 37.3 Å². The van der Waals surface area contributed by atoms with E-state index in [1.54, 1.807) is 23.3 Å². The Hall–Kier alpha value is -5.19. The van der Waals surface area contributed by atoms with Crippen molar-refractivity contribution in [2.75, 3.05) is 23.7 Å². The second kappa shape index (κ2) is 10.8. The number of likely N-dealkylation sites (tertiary alicyclic amines) is 1. The van der Waals surface area contributed by atoms with Crippen molar-refractivity contribution in [1.82, 2.24) is 34.6 Å². The van der Waals surface area contributed by atoms with Gasteiger partial charge in [0, 0.05) is 67.5 Å². The van der Waals surface area contributed by atoms with Crippen LogP contribution in [0, 0.1) is 13.8 Å². The summed E-state index contributed by atoms with van der Waals surface area (Å²) in [5, 5.41) is 11.6. The Morgan fingerprint density at radius 2 is 2.02 bits per heavy atom. The SMILES string of the molecule is C=C(C(=O)Nc1cccc2c(-c3nc(Nc4cc(C)n(C)n4)ncc3C)c[nH]c12)N1CC[C@H](Oc2ccncc2)C1. The maximum absolute atomic E-state index is 13.2. The van der Waals surface area contributed by atoms with Crippen LogP contribution in [0.15, 0.2) is 73.5 Å². The lowest BCUT2D eigenvalue weighted by molar-refractivity contribution is -0.114. The van der Waals surface area contributed by atoms with E-state index >= 15 is 0 Å². The molecule has 41 heavy (non-hydrogen) atoms. The average Bonchev–Trinajstić information content (AvgIpc) is 3.69. The predicted molar refractivity (Wildman–Crippen MR) is 158 cm³/mol. The maximum atomic E-state index is 13.2. The molecule has 3 N–H and O–H groups in total. The highest BCUT2D eigenvalue weighted by Crippen LogP contribution is 2.34. The van der Waals surface area contributed by atoms with Crippen LogP contribution in [0.25, 0.3) is 22.2 Å². The number of fused-ring (bicyclic) bond motifs is 1. The highest BCUT2D eigenvalue weighted by Gasteiger charge is 2.28. The number of H-pyrrole nitrogens is 1. The number of anilines is 3. The molecule has 1 aliphatic heterocycles. The van der Waals surface area contributed by atoms with Crippen molar-refractivity contribution < 1.29 is 9.53 Å². The highest BCUT2D eigenvalue weighted by molar-refractivity contribution is 6.09. The number of amides is 1. The maximum Gasteiger partial charge on any atom is 0.271 e. The number of rotatable bonds is 8. The second-order valence-electron chi connectivity index (χ2n) is 10.1.